The van der Waals surface area contributed by atoms with Crippen LogP contribution in [0.2, 0.25) is 0 Å². The first-order valence-electron chi connectivity index (χ1n) is 4.21. The van der Waals surface area contributed by atoms with Crippen molar-refractivity contribution in [2.45, 2.75) is 29.7 Å². The predicted molar refractivity (Wildman–Crippen MR) is 56.3 cm³/mol. The van der Waals surface area contributed by atoms with Crippen molar-refractivity contribution in [1.29, 1.82) is 0 Å². The average molecular weight is 232 g/mol. The smallest absolute Gasteiger partial charge is 0.190 e. The van der Waals surface area contributed by atoms with E-state index < -0.39 is 15.1 Å². The lowest BCUT2D eigenvalue weighted by Gasteiger charge is -2.08. The lowest BCUT2D eigenvalue weighted by molar-refractivity contribution is -0.116. The van der Waals surface area contributed by atoms with Gasteiger partial charge in [-0.15, -0.1) is 11.3 Å². The van der Waals surface area contributed by atoms with Gasteiger partial charge in [-0.25, -0.2) is 8.42 Å². The van der Waals surface area contributed by atoms with Crippen LogP contribution in [-0.2, 0) is 14.6 Å². The van der Waals surface area contributed by atoms with Crippen molar-refractivity contribution >= 4 is 27.0 Å². The van der Waals surface area contributed by atoms with Gasteiger partial charge in [-0.1, -0.05) is 6.07 Å². The molecule has 1 unspecified atom stereocenters. The number of hydrogen-bond acceptors (Lipinski definition) is 4. The number of hydrogen-bond donors (Lipinski definition) is 0. The largest absolute Gasteiger partial charge is 0.300 e. The van der Waals surface area contributed by atoms with Gasteiger partial charge in [0.15, 0.2) is 9.84 Å². The first-order chi connectivity index (χ1) is 6.44. The molecule has 0 aromatic carbocycles. The second-order valence-corrected chi connectivity index (χ2v) is 6.73. The van der Waals surface area contributed by atoms with Gasteiger partial charge < -0.3 is 0 Å². The first kappa shape index (κ1) is 11.4. The highest BCUT2D eigenvalue weighted by Crippen LogP contribution is 2.22. The summed E-state index contributed by atoms with van der Waals surface area (Å²) in [6.07, 6.45) is 0.0836. The Morgan fingerprint density at radius 3 is 2.64 bits per heavy atom. The van der Waals surface area contributed by atoms with E-state index in [2.05, 4.69) is 0 Å². The van der Waals surface area contributed by atoms with Crippen molar-refractivity contribution in [3.05, 3.63) is 17.5 Å². The molecule has 0 aliphatic heterocycles. The van der Waals surface area contributed by atoms with Crippen LogP contribution in [0.5, 0.6) is 0 Å². The minimum atomic E-state index is -3.29. The molecule has 78 valence electrons. The van der Waals surface area contributed by atoms with Crippen molar-refractivity contribution in [3.63, 3.8) is 0 Å². The van der Waals surface area contributed by atoms with Crippen LogP contribution in [0.25, 0.3) is 0 Å². The molecule has 0 saturated heterocycles. The lowest BCUT2D eigenvalue weighted by atomic mass is 10.2. The SMILES string of the molecule is CC(=O)CC(C)S(=O)(=O)c1cccs1. The third-order valence-electron chi connectivity index (χ3n) is 1.88. The Morgan fingerprint density at radius 1 is 1.57 bits per heavy atom. The predicted octanol–water partition coefficient (Wildman–Crippen LogP) is 1.89. The molecule has 1 rings (SSSR count). The minimum absolute atomic E-state index is 0.0836. The zero-order valence-corrected chi connectivity index (χ0v) is 9.69. The summed E-state index contributed by atoms with van der Waals surface area (Å²) >= 11 is 1.19. The van der Waals surface area contributed by atoms with Gasteiger partial charge >= 0.3 is 0 Å². The third-order valence-corrected chi connectivity index (χ3v) is 5.45. The van der Waals surface area contributed by atoms with Gasteiger partial charge in [-0.3, -0.25) is 4.79 Å². The second kappa shape index (κ2) is 4.23. The van der Waals surface area contributed by atoms with E-state index in [0.29, 0.717) is 4.21 Å². The Balaban J connectivity index is 2.92. The fourth-order valence-corrected chi connectivity index (χ4v) is 3.90. The van der Waals surface area contributed by atoms with Crippen LogP contribution in [0.1, 0.15) is 20.3 Å². The topological polar surface area (TPSA) is 51.2 Å². The van der Waals surface area contributed by atoms with E-state index >= 15 is 0 Å². The summed E-state index contributed by atoms with van der Waals surface area (Å²) in [6, 6.07) is 3.26. The van der Waals surface area contributed by atoms with E-state index in [-0.39, 0.29) is 12.2 Å². The highest BCUT2D eigenvalue weighted by molar-refractivity contribution is 7.94. The quantitative estimate of drug-likeness (QED) is 0.796. The number of Topliss-reactive ketones (excluding diaryl/α,β-unsaturated/α-hetero) is 1. The van der Waals surface area contributed by atoms with Crippen LogP contribution in [0.3, 0.4) is 0 Å². The Kier molecular flexibility index (Phi) is 3.44. The molecule has 1 atom stereocenters. The van der Waals surface area contributed by atoms with Crippen LogP contribution in [0.15, 0.2) is 21.7 Å². The van der Waals surface area contributed by atoms with Crippen molar-refractivity contribution in [2.75, 3.05) is 0 Å². The monoisotopic (exact) mass is 232 g/mol. The zero-order valence-electron chi connectivity index (χ0n) is 8.06. The third kappa shape index (κ3) is 2.42. The molecule has 1 aromatic heterocycles. The summed E-state index contributed by atoms with van der Waals surface area (Å²) in [4.78, 5) is 10.8. The van der Waals surface area contributed by atoms with E-state index in [9.17, 15) is 13.2 Å². The molecule has 1 heterocycles. The lowest BCUT2D eigenvalue weighted by Crippen LogP contribution is -2.19. The van der Waals surface area contributed by atoms with Gasteiger partial charge in [0.2, 0.25) is 0 Å². The fourth-order valence-electron chi connectivity index (χ4n) is 1.14. The number of carbonyl (C=O) groups is 1. The van der Waals surface area contributed by atoms with Crippen molar-refractivity contribution in [1.82, 2.24) is 0 Å². The molecule has 0 aliphatic rings. The molecule has 0 aliphatic carbocycles. The van der Waals surface area contributed by atoms with E-state index in [4.69, 9.17) is 0 Å². The van der Waals surface area contributed by atoms with Crippen LogP contribution >= 0.6 is 11.3 Å². The number of thiophene rings is 1. The molecule has 0 spiro atoms. The Labute approximate surface area is 87.7 Å². The number of rotatable bonds is 4. The molecule has 0 radical (unpaired) electrons. The Bertz CT molecular complexity index is 403. The first-order valence-corrected chi connectivity index (χ1v) is 6.64. The number of ketones is 1. The highest BCUT2D eigenvalue weighted by atomic mass is 32.2. The second-order valence-electron chi connectivity index (χ2n) is 3.19. The summed E-state index contributed by atoms with van der Waals surface area (Å²) in [5.74, 6) is -0.0994. The molecule has 0 N–H and O–H groups in total. The van der Waals surface area contributed by atoms with Crippen LogP contribution in [0.4, 0.5) is 0 Å². The maximum atomic E-state index is 11.8. The van der Waals surface area contributed by atoms with Crippen molar-refractivity contribution in [3.8, 4) is 0 Å². The molecule has 0 saturated carbocycles. The maximum absolute atomic E-state index is 11.8. The zero-order chi connectivity index (χ0) is 10.8. The molecule has 0 bridgehead atoms. The standard InChI is InChI=1S/C9H12O3S2/c1-7(10)6-8(2)14(11,12)9-4-3-5-13-9/h3-5,8H,6H2,1-2H3. The maximum Gasteiger partial charge on any atom is 0.190 e. The van der Waals surface area contributed by atoms with Gasteiger partial charge in [0.1, 0.15) is 9.99 Å². The van der Waals surface area contributed by atoms with Gasteiger partial charge in [0.25, 0.3) is 0 Å². The summed E-state index contributed by atoms with van der Waals surface area (Å²) < 4.78 is 23.9. The molecule has 0 amide bonds. The van der Waals surface area contributed by atoms with Crippen LogP contribution < -0.4 is 0 Å². The van der Waals surface area contributed by atoms with Gasteiger partial charge in [-0.05, 0) is 25.3 Å². The molecule has 0 fully saturated rings. The van der Waals surface area contributed by atoms with E-state index in [1.807, 2.05) is 0 Å². The van der Waals surface area contributed by atoms with E-state index in [1.165, 1.54) is 18.3 Å². The Morgan fingerprint density at radius 2 is 2.21 bits per heavy atom. The number of carbonyl (C=O) groups excluding carboxylic acids is 1. The molecular weight excluding hydrogens is 220 g/mol. The Hall–Kier alpha value is -0.680. The van der Waals surface area contributed by atoms with Gasteiger partial charge in [0, 0.05) is 6.42 Å². The summed E-state index contributed by atoms with van der Waals surface area (Å²) in [5, 5.41) is 1.09. The summed E-state index contributed by atoms with van der Waals surface area (Å²) in [7, 11) is -3.29. The number of sulfone groups is 1. The van der Waals surface area contributed by atoms with Gasteiger partial charge in [0.05, 0.1) is 5.25 Å². The summed E-state index contributed by atoms with van der Waals surface area (Å²) in [5.41, 5.74) is 0. The molecular formula is C9H12O3S2. The van der Waals surface area contributed by atoms with E-state index in [0.717, 1.165) is 0 Å². The average Bonchev–Trinajstić information content (AvgIpc) is 2.54. The van der Waals surface area contributed by atoms with Crippen molar-refractivity contribution in [2.24, 2.45) is 0 Å². The van der Waals surface area contributed by atoms with E-state index in [1.54, 1.807) is 24.4 Å². The minimum Gasteiger partial charge on any atom is -0.300 e. The molecule has 5 heteroatoms. The van der Waals surface area contributed by atoms with Crippen LogP contribution in [-0.4, -0.2) is 19.5 Å². The highest BCUT2D eigenvalue weighted by Gasteiger charge is 2.24. The normalized spacial score (nSPS) is 13.9. The molecule has 14 heavy (non-hydrogen) atoms. The van der Waals surface area contributed by atoms with Crippen LogP contribution in [0, 0.1) is 0 Å². The molecule has 1 aromatic rings. The summed E-state index contributed by atoms with van der Waals surface area (Å²) in [6.45, 7) is 2.97. The van der Waals surface area contributed by atoms with Crippen molar-refractivity contribution < 1.29 is 13.2 Å². The van der Waals surface area contributed by atoms with Gasteiger partial charge in [-0.2, -0.15) is 0 Å². The molecule has 3 nitrogen and oxygen atoms in total. The fraction of sp³-hybridized carbons (Fsp3) is 0.444.